The number of nitro benzene ring substituents is 2. The van der Waals surface area contributed by atoms with E-state index < -0.39 is 62.2 Å². The lowest BCUT2D eigenvalue weighted by molar-refractivity contribution is -0.434. The molecule has 0 aliphatic heterocycles. The Balaban J connectivity index is 3.39. The Hall–Kier alpha value is -3.25. The van der Waals surface area contributed by atoms with Crippen molar-refractivity contribution in [1.29, 1.82) is 0 Å². The number of hydrogen-bond donors (Lipinski definition) is 0. The standard InChI is InChI=1S/C13H5F9N2O7S/c1-2-32-7-4-5(23(26)27)3-6(24(28)29)8(7)30-9(25)31-13(21,22)11(16,17)10(14,15)12(18,19)20/h2-4H,1H2. The maximum Gasteiger partial charge on any atom is 0.519 e. The summed E-state index contributed by atoms with van der Waals surface area (Å²) in [5.74, 6) is -16.1. The van der Waals surface area contributed by atoms with Crippen LogP contribution in [0.5, 0.6) is 5.75 Å². The number of thioether (sulfide) groups is 1. The minimum absolute atomic E-state index is 0.139. The Morgan fingerprint density at radius 2 is 1.50 bits per heavy atom. The second kappa shape index (κ2) is 8.71. The average Bonchev–Trinajstić information content (AvgIpc) is 2.60. The topological polar surface area (TPSA) is 122 Å². The zero-order chi connectivity index (χ0) is 25.3. The van der Waals surface area contributed by atoms with Gasteiger partial charge in [0.2, 0.25) is 5.75 Å². The van der Waals surface area contributed by atoms with Crippen LogP contribution in [-0.4, -0.2) is 40.1 Å². The van der Waals surface area contributed by atoms with E-state index in [0.29, 0.717) is 6.07 Å². The number of benzene rings is 1. The molecule has 0 aliphatic carbocycles. The molecule has 1 aromatic carbocycles. The molecule has 0 atom stereocenters. The molecular formula is C13H5F9N2O7S. The van der Waals surface area contributed by atoms with Gasteiger partial charge in [0.25, 0.3) is 5.69 Å². The highest BCUT2D eigenvalue weighted by Crippen LogP contribution is 2.53. The van der Waals surface area contributed by atoms with Crippen LogP contribution in [0.2, 0.25) is 0 Å². The molecule has 0 N–H and O–H groups in total. The Labute approximate surface area is 173 Å². The molecule has 0 spiro atoms. The first-order valence-corrected chi connectivity index (χ1v) is 8.03. The van der Waals surface area contributed by atoms with Crippen LogP contribution in [0.3, 0.4) is 0 Å². The van der Waals surface area contributed by atoms with Gasteiger partial charge in [-0.15, -0.1) is 0 Å². The third-order valence-electron chi connectivity index (χ3n) is 3.15. The summed E-state index contributed by atoms with van der Waals surface area (Å²) in [6.45, 7) is 3.11. The summed E-state index contributed by atoms with van der Waals surface area (Å²) in [5.41, 5.74) is -2.47. The summed E-state index contributed by atoms with van der Waals surface area (Å²) in [5, 5.41) is 22.7. The molecule has 178 valence electrons. The van der Waals surface area contributed by atoms with E-state index in [1.807, 2.05) is 0 Å². The number of hydrogen-bond acceptors (Lipinski definition) is 8. The van der Waals surface area contributed by atoms with E-state index in [1.54, 1.807) is 0 Å². The summed E-state index contributed by atoms with van der Waals surface area (Å²) in [7, 11) is 0. The average molecular weight is 504 g/mol. The fraction of sp³-hybridized carbons (Fsp3) is 0.308. The van der Waals surface area contributed by atoms with E-state index in [4.69, 9.17) is 0 Å². The van der Waals surface area contributed by atoms with E-state index in [1.165, 1.54) is 0 Å². The minimum Gasteiger partial charge on any atom is -0.386 e. The zero-order valence-electron chi connectivity index (χ0n) is 14.5. The number of nitrogens with zero attached hydrogens (tertiary/aromatic N) is 2. The fourth-order valence-corrected chi connectivity index (χ4v) is 2.35. The summed E-state index contributed by atoms with van der Waals surface area (Å²) in [6, 6.07) is 0.618. The van der Waals surface area contributed by atoms with Gasteiger partial charge in [-0.25, -0.2) is 4.79 Å². The Kier molecular flexibility index (Phi) is 7.29. The van der Waals surface area contributed by atoms with Crippen LogP contribution in [0.15, 0.2) is 29.0 Å². The number of non-ortho nitro benzene ring substituents is 1. The molecule has 0 fully saturated rings. The third kappa shape index (κ3) is 4.97. The molecule has 0 bridgehead atoms. The van der Waals surface area contributed by atoms with Crippen molar-refractivity contribution >= 4 is 29.3 Å². The lowest BCUT2D eigenvalue weighted by Gasteiger charge is -2.32. The predicted molar refractivity (Wildman–Crippen MR) is 83.8 cm³/mol. The van der Waals surface area contributed by atoms with Gasteiger partial charge in [-0.3, -0.25) is 20.2 Å². The molecule has 0 saturated carbocycles. The summed E-state index contributed by atoms with van der Waals surface area (Å²) >= 11 is 0.256. The number of alkyl halides is 9. The Morgan fingerprint density at radius 1 is 0.969 bits per heavy atom. The molecule has 0 saturated heterocycles. The molecule has 0 heterocycles. The summed E-state index contributed by atoms with van der Waals surface area (Å²) in [4.78, 5) is 29.9. The lowest BCUT2D eigenvalue weighted by Crippen LogP contribution is -2.62. The Morgan fingerprint density at radius 3 is 1.91 bits per heavy atom. The normalized spacial score (nSPS) is 12.8. The highest BCUT2D eigenvalue weighted by atomic mass is 32.2. The SMILES string of the molecule is C=CSc1cc([N+](=O)[O-])cc([N+](=O)[O-])c1OC(=O)OC(F)(F)C(F)(F)C(F)(F)C(F)(F)F. The zero-order valence-corrected chi connectivity index (χ0v) is 15.3. The van der Waals surface area contributed by atoms with Gasteiger partial charge in [-0.05, 0) is 5.41 Å². The number of rotatable bonds is 8. The highest BCUT2D eigenvalue weighted by molar-refractivity contribution is 8.02. The van der Waals surface area contributed by atoms with Crippen molar-refractivity contribution in [3.63, 3.8) is 0 Å². The van der Waals surface area contributed by atoms with E-state index >= 15 is 0 Å². The van der Waals surface area contributed by atoms with Crippen molar-refractivity contribution in [3.8, 4) is 5.75 Å². The van der Waals surface area contributed by atoms with Gasteiger partial charge in [-0.2, -0.15) is 39.5 Å². The van der Waals surface area contributed by atoms with Gasteiger partial charge in [0, 0.05) is 6.07 Å². The predicted octanol–water partition coefficient (Wildman–Crippen LogP) is 5.68. The molecule has 1 rings (SSSR count). The first-order chi connectivity index (χ1) is 14.3. The number of nitro groups is 2. The maximum absolute atomic E-state index is 13.4. The van der Waals surface area contributed by atoms with Gasteiger partial charge in [0.15, 0.2) is 0 Å². The smallest absolute Gasteiger partial charge is 0.386 e. The number of ether oxygens (including phenoxy) is 2. The van der Waals surface area contributed by atoms with Crippen molar-refractivity contribution in [2.75, 3.05) is 0 Å². The summed E-state index contributed by atoms with van der Waals surface area (Å²) < 4.78 is 121. The first-order valence-electron chi connectivity index (χ1n) is 7.15. The number of halogens is 9. The van der Waals surface area contributed by atoms with Crippen molar-refractivity contribution in [2.45, 2.75) is 29.0 Å². The quantitative estimate of drug-likeness (QED) is 0.111. The molecule has 0 radical (unpaired) electrons. The molecule has 0 aromatic heterocycles. The fourth-order valence-electron chi connectivity index (χ4n) is 1.73. The molecule has 1 aromatic rings. The molecular weight excluding hydrogens is 499 g/mol. The van der Waals surface area contributed by atoms with E-state index in [-0.39, 0.29) is 17.8 Å². The first kappa shape index (κ1) is 26.8. The van der Waals surface area contributed by atoms with Gasteiger partial charge in [0.1, 0.15) is 0 Å². The molecule has 9 nitrogen and oxygen atoms in total. The highest BCUT2D eigenvalue weighted by Gasteiger charge is 2.84. The van der Waals surface area contributed by atoms with Gasteiger partial charge in [-0.1, -0.05) is 18.3 Å². The van der Waals surface area contributed by atoms with E-state index in [0.717, 1.165) is 5.41 Å². The monoisotopic (exact) mass is 504 g/mol. The van der Waals surface area contributed by atoms with E-state index in [9.17, 15) is 64.5 Å². The van der Waals surface area contributed by atoms with Crippen LogP contribution >= 0.6 is 11.8 Å². The van der Waals surface area contributed by atoms with Crippen molar-refractivity contribution in [2.24, 2.45) is 0 Å². The molecule has 0 amide bonds. The van der Waals surface area contributed by atoms with Crippen molar-refractivity contribution in [3.05, 3.63) is 44.3 Å². The van der Waals surface area contributed by atoms with Crippen molar-refractivity contribution < 1.29 is 63.6 Å². The van der Waals surface area contributed by atoms with Crippen LogP contribution in [-0.2, 0) is 4.74 Å². The van der Waals surface area contributed by atoms with Crippen LogP contribution in [0.1, 0.15) is 0 Å². The van der Waals surface area contributed by atoms with Gasteiger partial charge in [0.05, 0.1) is 20.8 Å². The molecule has 32 heavy (non-hydrogen) atoms. The molecule has 0 unspecified atom stereocenters. The molecule has 0 aliphatic rings. The van der Waals surface area contributed by atoms with Crippen LogP contribution < -0.4 is 4.74 Å². The largest absolute Gasteiger partial charge is 0.519 e. The van der Waals surface area contributed by atoms with Crippen molar-refractivity contribution in [1.82, 2.24) is 0 Å². The van der Waals surface area contributed by atoms with Gasteiger partial charge >= 0.3 is 36.0 Å². The number of carbonyl (C=O) groups excluding carboxylic acids is 1. The molecule has 19 heteroatoms. The second-order valence-electron chi connectivity index (χ2n) is 5.21. The minimum atomic E-state index is -7.38. The lowest BCUT2D eigenvalue weighted by atomic mass is 10.1. The maximum atomic E-state index is 13.4. The van der Waals surface area contributed by atoms with Crippen LogP contribution in [0, 0.1) is 20.2 Å². The van der Waals surface area contributed by atoms with Crippen LogP contribution in [0.25, 0.3) is 0 Å². The number of carbonyl (C=O) groups is 1. The van der Waals surface area contributed by atoms with Crippen LogP contribution in [0.4, 0.5) is 55.7 Å². The second-order valence-corrected chi connectivity index (χ2v) is 6.22. The Bertz CT molecular complexity index is 952. The summed E-state index contributed by atoms with van der Waals surface area (Å²) in [6.07, 6.45) is -17.1. The van der Waals surface area contributed by atoms with E-state index in [2.05, 4.69) is 16.1 Å². The van der Waals surface area contributed by atoms with Gasteiger partial charge < -0.3 is 9.47 Å². The third-order valence-corrected chi connectivity index (χ3v) is 3.87.